The number of carbonyl (C=O) groups is 3. The number of nitrogens with zero attached hydrogens (tertiary/aromatic N) is 6. The van der Waals surface area contributed by atoms with Crippen LogP contribution >= 0.6 is 0 Å². The molecule has 3 aromatic heterocycles. The summed E-state index contributed by atoms with van der Waals surface area (Å²) >= 11 is 0. The van der Waals surface area contributed by atoms with E-state index in [2.05, 4.69) is 15.3 Å². The van der Waals surface area contributed by atoms with Crippen molar-refractivity contribution >= 4 is 35.4 Å². The normalized spacial score (nSPS) is 17.8. The molecule has 0 radical (unpaired) electrons. The van der Waals surface area contributed by atoms with Crippen LogP contribution in [0.4, 0.5) is 15.9 Å². The number of amides is 2. The molecule has 1 aliphatic carbocycles. The Morgan fingerprint density at radius 2 is 1.98 bits per heavy atom. The molecule has 0 aromatic carbocycles. The van der Waals surface area contributed by atoms with Crippen molar-refractivity contribution in [3.05, 3.63) is 75.0 Å². The highest BCUT2D eigenvalue weighted by molar-refractivity contribution is 6.09. The van der Waals surface area contributed by atoms with Crippen molar-refractivity contribution in [3.63, 3.8) is 0 Å². The minimum atomic E-state index is -0.540. The molecule has 13 heteroatoms. The van der Waals surface area contributed by atoms with Crippen LogP contribution in [0.15, 0.2) is 46.1 Å². The summed E-state index contributed by atoms with van der Waals surface area (Å²) in [6.07, 6.45) is 8.41. The molecule has 228 valence electrons. The fourth-order valence-electron chi connectivity index (χ4n) is 6.28. The third-order valence-electron chi connectivity index (χ3n) is 8.43. The number of fused-ring (bicyclic) bond motifs is 3. The molecule has 1 saturated heterocycles. The average Bonchev–Trinajstić information content (AvgIpc) is 3.31. The first-order valence-electron chi connectivity index (χ1n) is 14.6. The van der Waals surface area contributed by atoms with Crippen LogP contribution < -0.4 is 21.5 Å². The second kappa shape index (κ2) is 11.5. The first-order chi connectivity index (χ1) is 21.2. The molecule has 0 saturated carbocycles. The van der Waals surface area contributed by atoms with E-state index in [4.69, 9.17) is 5.73 Å². The molecule has 3 aliphatic rings. The molecule has 0 atom stereocenters. The van der Waals surface area contributed by atoms with Crippen molar-refractivity contribution in [2.45, 2.75) is 39.2 Å². The zero-order valence-electron chi connectivity index (χ0n) is 24.6. The monoisotopic (exact) mass is 600 g/mol. The van der Waals surface area contributed by atoms with E-state index in [0.29, 0.717) is 61.3 Å². The van der Waals surface area contributed by atoms with Crippen molar-refractivity contribution in [2.75, 3.05) is 31.1 Å². The van der Waals surface area contributed by atoms with Crippen molar-refractivity contribution in [3.8, 4) is 11.1 Å². The van der Waals surface area contributed by atoms with Crippen LogP contribution in [0.2, 0.25) is 0 Å². The number of aliphatic imine (C=N–C) groups is 1. The van der Waals surface area contributed by atoms with Gasteiger partial charge in [-0.2, -0.15) is 0 Å². The molecule has 0 spiro atoms. The molecular weight excluding hydrogens is 567 g/mol. The summed E-state index contributed by atoms with van der Waals surface area (Å²) in [7, 11) is 1.56. The summed E-state index contributed by atoms with van der Waals surface area (Å²) in [5, 5.41) is 3.18. The number of nitrogens with one attached hydrogen (secondary N) is 1. The molecule has 5 heterocycles. The Morgan fingerprint density at radius 1 is 1.18 bits per heavy atom. The van der Waals surface area contributed by atoms with Gasteiger partial charge in [0.15, 0.2) is 12.1 Å². The minimum Gasteiger partial charge on any atom is -0.385 e. The predicted molar refractivity (Wildman–Crippen MR) is 163 cm³/mol. The lowest BCUT2D eigenvalue weighted by atomic mass is 9.97. The van der Waals surface area contributed by atoms with E-state index < -0.39 is 17.3 Å². The van der Waals surface area contributed by atoms with Gasteiger partial charge in [0.25, 0.3) is 11.5 Å². The van der Waals surface area contributed by atoms with Crippen molar-refractivity contribution in [2.24, 2.45) is 17.8 Å². The molecule has 1 fully saturated rings. The van der Waals surface area contributed by atoms with Crippen LogP contribution in [0.5, 0.6) is 0 Å². The Balaban J connectivity index is 1.36. The van der Waals surface area contributed by atoms with Crippen LogP contribution in [0.25, 0.3) is 11.1 Å². The van der Waals surface area contributed by atoms with Gasteiger partial charge in [-0.15, -0.1) is 0 Å². The van der Waals surface area contributed by atoms with Gasteiger partial charge < -0.3 is 25.1 Å². The van der Waals surface area contributed by atoms with Crippen molar-refractivity contribution < 1.29 is 18.8 Å². The van der Waals surface area contributed by atoms with E-state index in [-0.39, 0.29) is 41.1 Å². The first-order valence-corrected chi connectivity index (χ1v) is 14.6. The van der Waals surface area contributed by atoms with E-state index in [1.54, 1.807) is 34.9 Å². The maximum Gasteiger partial charge on any atom is 0.279 e. The molecule has 0 unspecified atom stereocenters. The Labute approximate surface area is 252 Å². The summed E-state index contributed by atoms with van der Waals surface area (Å²) < 4.78 is 18.6. The quantitative estimate of drug-likeness (QED) is 0.259. The molecule has 2 amide bonds. The topological polar surface area (TPSA) is 148 Å². The summed E-state index contributed by atoms with van der Waals surface area (Å²) in [5.74, 6) is -0.897. The summed E-state index contributed by atoms with van der Waals surface area (Å²) in [5.41, 5.74) is 9.04. The van der Waals surface area contributed by atoms with Crippen LogP contribution in [0.3, 0.4) is 0 Å². The number of nitrogens with two attached hydrogens (primary N) is 1. The minimum absolute atomic E-state index is 0.00871. The van der Waals surface area contributed by atoms with Gasteiger partial charge >= 0.3 is 0 Å². The maximum atomic E-state index is 15.5. The highest BCUT2D eigenvalue weighted by atomic mass is 19.1. The fraction of sp³-hybridized carbons (Fsp3) is 0.355. The van der Waals surface area contributed by atoms with Gasteiger partial charge in [0.05, 0.1) is 12.1 Å². The smallest absolute Gasteiger partial charge is 0.279 e. The number of pyridine rings is 2. The van der Waals surface area contributed by atoms with Gasteiger partial charge in [0.1, 0.15) is 23.0 Å². The number of hydrogen-bond acceptors (Lipinski definition) is 7. The van der Waals surface area contributed by atoms with E-state index in [0.717, 1.165) is 25.0 Å². The Kier molecular flexibility index (Phi) is 7.62. The Bertz CT molecular complexity index is 1820. The third-order valence-corrected chi connectivity index (χ3v) is 8.43. The number of aryl methyl sites for hydroxylation is 1. The zero-order chi connectivity index (χ0) is 31.1. The molecule has 3 N–H and O–H groups in total. The number of amidine groups is 1. The highest BCUT2D eigenvalue weighted by Crippen LogP contribution is 2.35. The van der Waals surface area contributed by atoms with Gasteiger partial charge in [-0.05, 0) is 43.4 Å². The van der Waals surface area contributed by atoms with Gasteiger partial charge in [0, 0.05) is 81.1 Å². The second-order valence-corrected chi connectivity index (χ2v) is 11.2. The van der Waals surface area contributed by atoms with Gasteiger partial charge in [-0.25, -0.2) is 14.4 Å². The number of aromatic nitrogens is 3. The highest BCUT2D eigenvalue weighted by Gasteiger charge is 2.36. The van der Waals surface area contributed by atoms with E-state index in [9.17, 15) is 19.2 Å². The number of carbonyl (C=O) groups excluding carboxylic acids is 3. The lowest BCUT2D eigenvalue weighted by Crippen LogP contribution is -2.44. The second-order valence-electron chi connectivity index (χ2n) is 11.2. The average molecular weight is 601 g/mol. The summed E-state index contributed by atoms with van der Waals surface area (Å²) in [4.78, 5) is 62.7. The molecule has 2 aliphatic heterocycles. The predicted octanol–water partition coefficient (Wildman–Crippen LogP) is 2.06. The largest absolute Gasteiger partial charge is 0.385 e. The van der Waals surface area contributed by atoms with Gasteiger partial charge in [-0.3, -0.25) is 24.1 Å². The van der Waals surface area contributed by atoms with Gasteiger partial charge in [-0.1, -0.05) is 0 Å². The van der Waals surface area contributed by atoms with Gasteiger partial charge in [0.2, 0.25) is 5.91 Å². The van der Waals surface area contributed by atoms with Crippen LogP contribution in [0.1, 0.15) is 51.9 Å². The van der Waals surface area contributed by atoms with Crippen LogP contribution in [-0.4, -0.2) is 69.1 Å². The molecule has 6 rings (SSSR count). The van der Waals surface area contributed by atoms with E-state index in [1.807, 2.05) is 0 Å². The maximum absolute atomic E-state index is 15.5. The number of rotatable bonds is 5. The molecular formula is C31H33FN8O4. The summed E-state index contributed by atoms with van der Waals surface area (Å²) in [6, 6.07) is 3.14. The Morgan fingerprint density at radius 3 is 2.75 bits per heavy atom. The van der Waals surface area contributed by atoms with Crippen LogP contribution in [0, 0.1) is 5.82 Å². The number of piperazine rings is 1. The number of halogens is 1. The van der Waals surface area contributed by atoms with E-state index in [1.165, 1.54) is 28.7 Å². The molecule has 0 bridgehead atoms. The molecule has 44 heavy (non-hydrogen) atoms. The third kappa shape index (κ3) is 5.07. The Hall–Kier alpha value is -5.07. The molecule has 3 aromatic rings. The van der Waals surface area contributed by atoms with Crippen molar-refractivity contribution in [1.29, 1.82) is 0 Å². The van der Waals surface area contributed by atoms with Crippen LogP contribution in [-0.2, 0) is 31.2 Å². The lowest BCUT2D eigenvalue weighted by Gasteiger charge is -2.30. The number of hydrogen-bond donors (Lipinski definition) is 2. The number of aldehydes is 1. The standard InChI is InChI=1S/C31H33FN8O4/c1-18(42)38-10-9-34-20(16-38)14-26(33)36-24-13-19(15-37(2)30(24)43)21-7-8-35-29(23(21)17-41)40-12-11-39-25-6-4-3-5-22(25)27(32)28(39)31(40)44/h7-8,13-15,17,34H,3-6,9-12,16H2,1-2H3,(H2,33,36)/b20-14-. The zero-order valence-corrected chi connectivity index (χ0v) is 24.6. The van der Waals surface area contributed by atoms with E-state index >= 15 is 4.39 Å². The molecule has 12 nitrogen and oxygen atoms in total. The fourth-order valence-corrected chi connectivity index (χ4v) is 6.28. The first kappa shape index (κ1) is 29.0. The SMILES string of the molecule is CC(=O)N1CCN/C(=C\C(N)=Nc2cc(-c3ccnc(N4CCn5c6c(c(F)c5C4=O)CCCC6)c3C=O)cn(C)c2=O)C1. The number of anilines is 1. The lowest BCUT2D eigenvalue weighted by molar-refractivity contribution is -0.128. The van der Waals surface area contributed by atoms with Crippen molar-refractivity contribution in [1.82, 2.24) is 24.3 Å². The summed E-state index contributed by atoms with van der Waals surface area (Å²) in [6.45, 7) is 3.61.